The monoisotopic (exact) mass is 361 g/mol. The van der Waals surface area contributed by atoms with Gasteiger partial charge in [0.05, 0.1) is 0 Å². The van der Waals surface area contributed by atoms with E-state index in [1.807, 2.05) is 26.0 Å². The van der Waals surface area contributed by atoms with Crippen molar-refractivity contribution >= 4 is 24.2 Å². The fourth-order valence-electron chi connectivity index (χ4n) is 3.09. The summed E-state index contributed by atoms with van der Waals surface area (Å²) in [7, 11) is 0. The minimum absolute atomic E-state index is 0. The molecule has 25 heavy (non-hydrogen) atoms. The molecule has 0 unspecified atom stereocenters. The van der Waals surface area contributed by atoms with E-state index >= 15 is 0 Å². The predicted molar refractivity (Wildman–Crippen MR) is 102 cm³/mol. The van der Waals surface area contributed by atoms with Crippen molar-refractivity contribution in [1.29, 1.82) is 0 Å². The first kappa shape index (κ1) is 20.6. The van der Waals surface area contributed by atoms with Gasteiger partial charge in [-0.05, 0) is 41.7 Å². The second-order valence-corrected chi connectivity index (χ2v) is 5.77. The Labute approximate surface area is 154 Å². The SMILES string of the molecule is CCCc1c(C(N)=O)cc(-c2cccnc2)c(CCC)c1C(N)=O.Cl. The number of primary amides is 2. The molecular formula is C19H24ClN3O2. The molecule has 6 heteroatoms. The minimum Gasteiger partial charge on any atom is -0.366 e. The maximum atomic E-state index is 12.2. The molecule has 0 radical (unpaired) electrons. The molecular weight excluding hydrogens is 338 g/mol. The predicted octanol–water partition coefficient (Wildman–Crippen LogP) is 3.27. The van der Waals surface area contributed by atoms with Gasteiger partial charge in [0, 0.05) is 29.1 Å². The van der Waals surface area contributed by atoms with Crippen molar-refractivity contribution in [3.05, 3.63) is 52.8 Å². The van der Waals surface area contributed by atoms with Crippen LogP contribution < -0.4 is 11.5 Å². The number of halogens is 1. The van der Waals surface area contributed by atoms with Crippen LogP contribution in [0.5, 0.6) is 0 Å². The summed E-state index contributed by atoms with van der Waals surface area (Å²) >= 11 is 0. The minimum atomic E-state index is -0.547. The molecule has 1 aromatic heterocycles. The summed E-state index contributed by atoms with van der Waals surface area (Å²) in [6.07, 6.45) is 6.31. The highest BCUT2D eigenvalue weighted by molar-refractivity contribution is 6.04. The van der Waals surface area contributed by atoms with Crippen LogP contribution in [0, 0.1) is 0 Å². The van der Waals surface area contributed by atoms with Gasteiger partial charge in [-0.15, -0.1) is 12.4 Å². The van der Waals surface area contributed by atoms with Gasteiger partial charge < -0.3 is 11.5 Å². The molecule has 1 heterocycles. The van der Waals surface area contributed by atoms with E-state index < -0.39 is 11.8 Å². The number of carbonyl (C=O) groups is 2. The zero-order chi connectivity index (χ0) is 17.7. The van der Waals surface area contributed by atoms with Gasteiger partial charge in [0.2, 0.25) is 11.8 Å². The lowest BCUT2D eigenvalue weighted by Gasteiger charge is -2.19. The normalized spacial score (nSPS) is 10.2. The summed E-state index contributed by atoms with van der Waals surface area (Å²) in [4.78, 5) is 28.3. The fourth-order valence-corrected chi connectivity index (χ4v) is 3.09. The molecule has 5 nitrogen and oxygen atoms in total. The number of rotatable bonds is 7. The Morgan fingerprint density at radius 2 is 1.68 bits per heavy atom. The summed E-state index contributed by atoms with van der Waals surface area (Å²) in [5, 5.41) is 0. The highest BCUT2D eigenvalue weighted by Crippen LogP contribution is 2.32. The number of carbonyl (C=O) groups excluding carboxylic acids is 2. The molecule has 0 bridgehead atoms. The maximum absolute atomic E-state index is 12.2. The number of nitrogens with two attached hydrogens (primary N) is 2. The van der Waals surface area contributed by atoms with Gasteiger partial charge in [0.1, 0.15) is 0 Å². The van der Waals surface area contributed by atoms with Gasteiger partial charge in [-0.2, -0.15) is 0 Å². The van der Waals surface area contributed by atoms with Crippen LogP contribution in [0.25, 0.3) is 11.1 Å². The quantitative estimate of drug-likeness (QED) is 0.791. The fraction of sp³-hybridized carbons (Fsp3) is 0.316. The lowest BCUT2D eigenvalue weighted by Crippen LogP contribution is -2.23. The second kappa shape index (κ2) is 9.18. The molecule has 0 fully saturated rings. The first-order valence-corrected chi connectivity index (χ1v) is 8.19. The van der Waals surface area contributed by atoms with Gasteiger partial charge in [-0.25, -0.2) is 0 Å². The third-order valence-corrected chi connectivity index (χ3v) is 4.03. The molecule has 1 aromatic carbocycles. The van der Waals surface area contributed by atoms with Crippen molar-refractivity contribution in [1.82, 2.24) is 4.98 Å². The number of aromatic nitrogens is 1. The lowest BCUT2D eigenvalue weighted by molar-refractivity contribution is 0.0998. The van der Waals surface area contributed by atoms with Crippen LogP contribution in [0.4, 0.5) is 0 Å². The molecule has 2 amide bonds. The molecule has 134 valence electrons. The summed E-state index contributed by atoms with van der Waals surface area (Å²) in [6.45, 7) is 4.03. The first-order chi connectivity index (χ1) is 11.5. The smallest absolute Gasteiger partial charge is 0.249 e. The van der Waals surface area contributed by atoms with E-state index in [4.69, 9.17) is 11.5 Å². The zero-order valence-corrected chi connectivity index (χ0v) is 15.4. The number of pyridine rings is 1. The van der Waals surface area contributed by atoms with E-state index in [1.165, 1.54) is 0 Å². The van der Waals surface area contributed by atoms with Crippen LogP contribution in [0.2, 0.25) is 0 Å². The Kier molecular flexibility index (Phi) is 7.58. The van der Waals surface area contributed by atoms with E-state index in [-0.39, 0.29) is 12.4 Å². The maximum Gasteiger partial charge on any atom is 0.249 e. The van der Waals surface area contributed by atoms with E-state index in [0.29, 0.717) is 29.5 Å². The average Bonchev–Trinajstić information content (AvgIpc) is 2.55. The first-order valence-electron chi connectivity index (χ1n) is 8.19. The lowest BCUT2D eigenvalue weighted by atomic mass is 9.84. The van der Waals surface area contributed by atoms with Crippen molar-refractivity contribution in [2.75, 3.05) is 0 Å². The third-order valence-electron chi connectivity index (χ3n) is 4.03. The molecule has 2 aromatic rings. The zero-order valence-electron chi connectivity index (χ0n) is 14.5. The van der Waals surface area contributed by atoms with Crippen molar-refractivity contribution in [3.8, 4) is 11.1 Å². The second-order valence-electron chi connectivity index (χ2n) is 5.77. The largest absolute Gasteiger partial charge is 0.366 e. The van der Waals surface area contributed by atoms with Gasteiger partial charge in [0.15, 0.2) is 0 Å². The Morgan fingerprint density at radius 1 is 1.04 bits per heavy atom. The highest BCUT2D eigenvalue weighted by Gasteiger charge is 2.23. The van der Waals surface area contributed by atoms with Crippen LogP contribution in [-0.4, -0.2) is 16.8 Å². The van der Waals surface area contributed by atoms with E-state index in [0.717, 1.165) is 29.5 Å². The molecule has 0 saturated carbocycles. The number of hydrogen-bond acceptors (Lipinski definition) is 3. The van der Waals surface area contributed by atoms with Crippen molar-refractivity contribution < 1.29 is 9.59 Å². The topological polar surface area (TPSA) is 99.1 Å². The summed E-state index contributed by atoms with van der Waals surface area (Å²) in [5.74, 6) is -1.07. The Hall–Kier alpha value is -2.40. The summed E-state index contributed by atoms with van der Waals surface area (Å²) < 4.78 is 0. The van der Waals surface area contributed by atoms with Crippen molar-refractivity contribution in [2.45, 2.75) is 39.5 Å². The average molecular weight is 362 g/mol. The van der Waals surface area contributed by atoms with Crippen LogP contribution in [0.15, 0.2) is 30.6 Å². The Bertz CT molecular complexity index is 761. The molecule has 0 saturated heterocycles. The van der Waals surface area contributed by atoms with Gasteiger partial charge in [0.25, 0.3) is 0 Å². The van der Waals surface area contributed by atoms with Crippen LogP contribution in [0.3, 0.4) is 0 Å². The standard InChI is InChI=1S/C19H23N3O2.ClH/c1-3-6-13-15(12-8-5-9-22-11-12)10-16(18(20)23)14(7-4-2)17(13)19(21)24;/h5,8-11H,3-4,6-7H2,1-2H3,(H2,20,23)(H2,21,24);1H. The van der Waals surface area contributed by atoms with E-state index in [1.54, 1.807) is 18.5 Å². The molecule has 0 atom stereocenters. The molecule has 2 rings (SSSR count). The van der Waals surface area contributed by atoms with E-state index in [2.05, 4.69) is 4.98 Å². The Morgan fingerprint density at radius 3 is 2.16 bits per heavy atom. The van der Waals surface area contributed by atoms with Gasteiger partial charge in [-0.1, -0.05) is 32.8 Å². The van der Waals surface area contributed by atoms with Crippen molar-refractivity contribution in [2.24, 2.45) is 11.5 Å². The summed E-state index contributed by atoms with van der Waals surface area (Å²) in [6, 6.07) is 5.50. The Balaban J connectivity index is 0.00000312. The van der Waals surface area contributed by atoms with Gasteiger partial charge in [-0.3, -0.25) is 14.6 Å². The number of benzene rings is 1. The molecule has 0 aliphatic carbocycles. The molecule has 4 N–H and O–H groups in total. The number of nitrogens with zero attached hydrogens (tertiary/aromatic N) is 1. The van der Waals surface area contributed by atoms with Crippen LogP contribution in [-0.2, 0) is 12.8 Å². The van der Waals surface area contributed by atoms with Crippen LogP contribution >= 0.6 is 12.4 Å². The number of hydrogen-bond donors (Lipinski definition) is 2. The van der Waals surface area contributed by atoms with Gasteiger partial charge >= 0.3 is 0 Å². The summed E-state index contributed by atoms with van der Waals surface area (Å²) in [5.41, 5.74) is 15.2. The third kappa shape index (κ3) is 4.37. The highest BCUT2D eigenvalue weighted by atomic mass is 35.5. The molecule has 0 spiro atoms. The molecule has 0 aliphatic rings. The van der Waals surface area contributed by atoms with Crippen LogP contribution in [0.1, 0.15) is 58.5 Å². The molecule has 0 aliphatic heterocycles. The number of amides is 2. The van der Waals surface area contributed by atoms with E-state index in [9.17, 15) is 9.59 Å². The van der Waals surface area contributed by atoms with Crippen molar-refractivity contribution in [3.63, 3.8) is 0 Å².